The highest BCUT2D eigenvalue weighted by Gasteiger charge is 2.18. The maximum absolute atomic E-state index is 11.9. The van der Waals surface area contributed by atoms with Gasteiger partial charge in [0.15, 0.2) is 0 Å². The SMILES string of the molecule is Cc1c(Cl)cccc1NC(=O)C(=O)NC(C)Cc1ccco1. The maximum Gasteiger partial charge on any atom is 0.313 e. The monoisotopic (exact) mass is 320 g/mol. The summed E-state index contributed by atoms with van der Waals surface area (Å²) in [5, 5.41) is 5.72. The van der Waals surface area contributed by atoms with E-state index in [1.165, 1.54) is 0 Å². The van der Waals surface area contributed by atoms with Gasteiger partial charge in [-0.3, -0.25) is 9.59 Å². The van der Waals surface area contributed by atoms with Crippen molar-refractivity contribution in [1.29, 1.82) is 0 Å². The Balaban J connectivity index is 1.92. The van der Waals surface area contributed by atoms with Crippen molar-refractivity contribution >= 4 is 29.1 Å². The fraction of sp³-hybridized carbons (Fsp3) is 0.250. The number of anilines is 1. The van der Waals surface area contributed by atoms with Crippen LogP contribution in [-0.2, 0) is 16.0 Å². The number of hydrogen-bond acceptors (Lipinski definition) is 3. The van der Waals surface area contributed by atoms with E-state index in [4.69, 9.17) is 16.0 Å². The molecule has 0 aliphatic carbocycles. The van der Waals surface area contributed by atoms with E-state index in [0.29, 0.717) is 22.7 Å². The van der Waals surface area contributed by atoms with Crippen molar-refractivity contribution in [3.63, 3.8) is 0 Å². The predicted octanol–water partition coefficient (Wildman–Crippen LogP) is 2.93. The van der Waals surface area contributed by atoms with Gasteiger partial charge in [0.25, 0.3) is 0 Å². The Morgan fingerprint density at radius 1 is 1.23 bits per heavy atom. The number of amides is 2. The second-order valence-electron chi connectivity index (χ2n) is 5.02. The quantitative estimate of drug-likeness (QED) is 0.851. The minimum Gasteiger partial charge on any atom is -0.469 e. The second-order valence-corrected chi connectivity index (χ2v) is 5.43. The Morgan fingerprint density at radius 3 is 2.68 bits per heavy atom. The largest absolute Gasteiger partial charge is 0.469 e. The van der Waals surface area contributed by atoms with Crippen molar-refractivity contribution < 1.29 is 14.0 Å². The molecule has 1 unspecified atom stereocenters. The molecule has 0 saturated heterocycles. The molecule has 22 heavy (non-hydrogen) atoms. The fourth-order valence-corrected chi connectivity index (χ4v) is 2.17. The third kappa shape index (κ3) is 4.11. The molecule has 0 aliphatic rings. The molecular formula is C16H17ClN2O3. The van der Waals surface area contributed by atoms with E-state index >= 15 is 0 Å². The number of furan rings is 1. The van der Waals surface area contributed by atoms with Crippen LogP contribution < -0.4 is 10.6 Å². The van der Waals surface area contributed by atoms with Gasteiger partial charge in [-0.1, -0.05) is 17.7 Å². The van der Waals surface area contributed by atoms with Crippen LogP contribution in [0.25, 0.3) is 0 Å². The fourth-order valence-electron chi connectivity index (χ4n) is 1.99. The molecule has 1 atom stereocenters. The van der Waals surface area contributed by atoms with E-state index < -0.39 is 11.8 Å². The molecule has 2 aromatic rings. The highest BCUT2D eigenvalue weighted by atomic mass is 35.5. The number of carbonyl (C=O) groups excluding carboxylic acids is 2. The molecule has 1 aromatic carbocycles. The summed E-state index contributed by atoms with van der Waals surface area (Å²) >= 11 is 5.98. The van der Waals surface area contributed by atoms with Crippen molar-refractivity contribution in [3.05, 3.63) is 52.9 Å². The average molecular weight is 321 g/mol. The van der Waals surface area contributed by atoms with E-state index in [0.717, 1.165) is 5.76 Å². The van der Waals surface area contributed by atoms with E-state index in [2.05, 4.69) is 10.6 Å². The summed E-state index contributed by atoms with van der Waals surface area (Å²) < 4.78 is 5.20. The zero-order valence-electron chi connectivity index (χ0n) is 12.4. The van der Waals surface area contributed by atoms with Gasteiger partial charge in [-0.25, -0.2) is 0 Å². The third-order valence-electron chi connectivity index (χ3n) is 3.19. The Bertz CT molecular complexity index is 668. The number of rotatable bonds is 4. The molecule has 0 fully saturated rings. The summed E-state index contributed by atoms with van der Waals surface area (Å²) in [4.78, 5) is 23.8. The molecule has 0 bridgehead atoms. The smallest absolute Gasteiger partial charge is 0.313 e. The van der Waals surface area contributed by atoms with E-state index in [1.807, 2.05) is 6.07 Å². The van der Waals surface area contributed by atoms with Crippen LogP contribution in [0.15, 0.2) is 41.0 Å². The van der Waals surface area contributed by atoms with E-state index in [-0.39, 0.29) is 6.04 Å². The lowest BCUT2D eigenvalue weighted by atomic mass is 10.2. The summed E-state index contributed by atoms with van der Waals surface area (Å²) in [6, 6.07) is 8.50. The molecule has 1 heterocycles. The van der Waals surface area contributed by atoms with Crippen LogP contribution in [0.1, 0.15) is 18.2 Å². The molecule has 5 nitrogen and oxygen atoms in total. The lowest BCUT2D eigenvalue weighted by Gasteiger charge is -2.13. The zero-order chi connectivity index (χ0) is 16.1. The Labute approximate surface area is 133 Å². The number of hydrogen-bond donors (Lipinski definition) is 2. The maximum atomic E-state index is 11.9. The Hall–Kier alpha value is -2.27. The molecular weight excluding hydrogens is 304 g/mol. The first-order valence-corrected chi connectivity index (χ1v) is 7.24. The molecule has 0 saturated carbocycles. The standard InChI is InChI=1S/C16H17ClN2O3/c1-10(9-12-5-4-8-22-12)18-15(20)16(21)19-14-7-3-6-13(17)11(14)2/h3-8,10H,9H2,1-2H3,(H,18,20)(H,19,21). The topological polar surface area (TPSA) is 71.3 Å². The molecule has 0 radical (unpaired) electrons. The summed E-state index contributed by atoms with van der Waals surface area (Å²) in [5.41, 5.74) is 1.24. The van der Waals surface area contributed by atoms with Crippen LogP contribution >= 0.6 is 11.6 Å². The summed E-state index contributed by atoms with van der Waals surface area (Å²) in [6.45, 7) is 3.58. The highest BCUT2D eigenvalue weighted by molar-refractivity contribution is 6.40. The predicted molar refractivity (Wildman–Crippen MR) is 84.8 cm³/mol. The number of carbonyl (C=O) groups is 2. The van der Waals surface area contributed by atoms with E-state index in [9.17, 15) is 9.59 Å². The van der Waals surface area contributed by atoms with Crippen LogP contribution in [0.2, 0.25) is 5.02 Å². The van der Waals surface area contributed by atoms with Crippen molar-refractivity contribution in [3.8, 4) is 0 Å². The Morgan fingerprint density at radius 2 is 2.00 bits per heavy atom. The van der Waals surface area contributed by atoms with Gasteiger partial charge in [-0.05, 0) is 43.7 Å². The lowest BCUT2D eigenvalue weighted by molar-refractivity contribution is -0.136. The van der Waals surface area contributed by atoms with Gasteiger partial charge in [0.2, 0.25) is 0 Å². The van der Waals surface area contributed by atoms with Gasteiger partial charge in [-0.2, -0.15) is 0 Å². The third-order valence-corrected chi connectivity index (χ3v) is 3.60. The second kappa shape index (κ2) is 7.13. The van der Waals surface area contributed by atoms with Crippen molar-refractivity contribution in [2.75, 3.05) is 5.32 Å². The first-order valence-electron chi connectivity index (χ1n) is 6.86. The number of halogens is 1. The van der Waals surface area contributed by atoms with Gasteiger partial charge < -0.3 is 15.1 Å². The summed E-state index contributed by atoms with van der Waals surface area (Å²) in [6.07, 6.45) is 2.08. The van der Waals surface area contributed by atoms with Crippen LogP contribution in [-0.4, -0.2) is 17.9 Å². The van der Waals surface area contributed by atoms with Gasteiger partial charge >= 0.3 is 11.8 Å². The molecule has 6 heteroatoms. The lowest BCUT2D eigenvalue weighted by Crippen LogP contribution is -2.41. The number of nitrogens with one attached hydrogen (secondary N) is 2. The van der Waals surface area contributed by atoms with Gasteiger partial charge in [0.05, 0.1) is 6.26 Å². The molecule has 2 N–H and O–H groups in total. The first kappa shape index (κ1) is 16.1. The minimum atomic E-state index is -0.725. The first-order chi connectivity index (χ1) is 10.5. The minimum absolute atomic E-state index is 0.218. The molecule has 2 amide bonds. The van der Waals surface area contributed by atoms with Gasteiger partial charge in [0.1, 0.15) is 5.76 Å². The van der Waals surface area contributed by atoms with Crippen LogP contribution in [0.3, 0.4) is 0 Å². The summed E-state index contributed by atoms with van der Waals surface area (Å²) in [5.74, 6) is -0.672. The summed E-state index contributed by atoms with van der Waals surface area (Å²) in [7, 11) is 0. The van der Waals surface area contributed by atoms with Gasteiger partial charge in [0, 0.05) is 23.2 Å². The molecule has 116 valence electrons. The van der Waals surface area contributed by atoms with Crippen molar-refractivity contribution in [1.82, 2.24) is 5.32 Å². The van der Waals surface area contributed by atoms with Crippen LogP contribution in [0, 0.1) is 6.92 Å². The molecule has 2 rings (SSSR count). The average Bonchev–Trinajstić information content (AvgIpc) is 2.96. The molecule has 1 aromatic heterocycles. The highest BCUT2D eigenvalue weighted by Crippen LogP contribution is 2.22. The zero-order valence-corrected chi connectivity index (χ0v) is 13.1. The Kier molecular flexibility index (Phi) is 5.22. The van der Waals surface area contributed by atoms with Gasteiger partial charge in [-0.15, -0.1) is 0 Å². The molecule has 0 aliphatic heterocycles. The van der Waals surface area contributed by atoms with Crippen LogP contribution in [0.5, 0.6) is 0 Å². The number of benzene rings is 1. The normalized spacial score (nSPS) is 11.8. The van der Waals surface area contributed by atoms with Crippen LogP contribution in [0.4, 0.5) is 5.69 Å². The van der Waals surface area contributed by atoms with Crippen molar-refractivity contribution in [2.45, 2.75) is 26.3 Å². The molecule has 0 spiro atoms. The van der Waals surface area contributed by atoms with E-state index in [1.54, 1.807) is 44.4 Å². The van der Waals surface area contributed by atoms with Crippen molar-refractivity contribution in [2.24, 2.45) is 0 Å².